The van der Waals surface area contributed by atoms with Crippen molar-refractivity contribution in [3.05, 3.63) is 69.7 Å². The number of halogens is 2. The fourth-order valence-corrected chi connectivity index (χ4v) is 4.26. The van der Waals surface area contributed by atoms with E-state index in [4.69, 9.17) is 23.2 Å². The Morgan fingerprint density at radius 3 is 2.52 bits per heavy atom. The number of sulfonamides is 1. The molecule has 2 aromatic carbocycles. The molecule has 3 rings (SSSR count). The van der Waals surface area contributed by atoms with Crippen molar-refractivity contribution in [1.29, 1.82) is 0 Å². The minimum atomic E-state index is -3.65. The summed E-state index contributed by atoms with van der Waals surface area (Å²) in [7, 11) is -3.65. The third-order valence-corrected chi connectivity index (χ3v) is 6.36. The van der Waals surface area contributed by atoms with Crippen LogP contribution in [-0.4, -0.2) is 13.4 Å². The van der Waals surface area contributed by atoms with Gasteiger partial charge in [-0.3, -0.25) is 4.72 Å². The van der Waals surface area contributed by atoms with Crippen LogP contribution in [0.1, 0.15) is 5.56 Å². The largest absolute Gasteiger partial charge is 0.381 e. The topological polar surface area (TPSA) is 71.1 Å². The summed E-state index contributed by atoms with van der Waals surface area (Å²) in [5.41, 5.74) is 1.63. The third kappa shape index (κ3) is 4.43. The van der Waals surface area contributed by atoms with E-state index >= 15 is 0 Å². The lowest BCUT2D eigenvalue weighted by molar-refractivity contribution is 0.601. The minimum absolute atomic E-state index is 0.161. The van der Waals surface area contributed by atoms with Crippen molar-refractivity contribution >= 4 is 55.4 Å². The van der Waals surface area contributed by atoms with E-state index in [-0.39, 0.29) is 4.90 Å². The molecular weight excluding hydrogens is 401 g/mol. The van der Waals surface area contributed by atoms with Gasteiger partial charge in [0.15, 0.2) is 5.13 Å². The van der Waals surface area contributed by atoms with Gasteiger partial charge in [-0.2, -0.15) is 0 Å². The SMILES string of the molecule is O=S(=O)(Nc1nccs1)c1ccc(NCc2cccc(Cl)c2Cl)cc1. The van der Waals surface area contributed by atoms with Crippen LogP contribution in [0, 0.1) is 0 Å². The van der Waals surface area contributed by atoms with Crippen LogP contribution in [0.15, 0.2) is 58.9 Å². The average Bonchev–Trinajstić information content (AvgIpc) is 3.09. The fourth-order valence-electron chi connectivity index (χ4n) is 2.08. The van der Waals surface area contributed by atoms with E-state index in [1.165, 1.54) is 29.7 Å². The molecule has 0 atom stereocenters. The predicted molar refractivity (Wildman–Crippen MR) is 103 cm³/mol. The molecule has 0 saturated heterocycles. The maximum atomic E-state index is 12.3. The van der Waals surface area contributed by atoms with Gasteiger partial charge in [-0.05, 0) is 35.9 Å². The molecule has 0 spiro atoms. The van der Waals surface area contributed by atoms with Gasteiger partial charge in [0.25, 0.3) is 10.0 Å². The Balaban J connectivity index is 1.69. The van der Waals surface area contributed by atoms with Gasteiger partial charge in [0.1, 0.15) is 0 Å². The zero-order valence-electron chi connectivity index (χ0n) is 12.7. The fraction of sp³-hybridized carbons (Fsp3) is 0.0625. The van der Waals surface area contributed by atoms with Crippen LogP contribution in [0.3, 0.4) is 0 Å². The molecular formula is C16H13Cl2N3O2S2. The van der Waals surface area contributed by atoms with Gasteiger partial charge < -0.3 is 5.32 Å². The second-order valence-electron chi connectivity index (χ2n) is 5.03. The van der Waals surface area contributed by atoms with Gasteiger partial charge >= 0.3 is 0 Å². The van der Waals surface area contributed by atoms with Crippen LogP contribution >= 0.6 is 34.5 Å². The van der Waals surface area contributed by atoms with E-state index in [2.05, 4.69) is 15.0 Å². The first-order valence-electron chi connectivity index (χ1n) is 7.15. The summed E-state index contributed by atoms with van der Waals surface area (Å²) in [6.07, 6.45) is 1.54. The average molecular weight is 414 g/mol. The number of anilines is 2. The first-order valence-corrected chi connectivity index (χ1v) is 10.3. The standard InChI is InChI=1S/C16H13Cl2N3O2S2/c17-14-3-1-2-11(15(14)18)10-20-12-4-6-13(7-5-12)25(22,23)21-16-19-8-9-24-16/h1-9,20H,10H2,(H,19,21). The van der Waals surface area contributed by atoms with Crippen LogP contribution in [-0.2, 0) is 16.6 Å². The number of nitrogens with zero attached hydrogens (tertiary/aromatic N) is 1. The number of hydrogen-bond donors (Lipinski definition) is 2. The molecule has 0 fully saturated rings. The van der Waals surface area contributed by atoms with Crippen molar-refractivity contribution in [2.75, 3.05) is 10.0 Å². The molecule has 0 aliphatic heterocycles. The smallest absolute Gasteiger partial charge is 0.263 e. The molecule has 0 bridgehead atoms. The molecule has 2 N–H and O–H groups in total. The molecule has 5 nitrogen and oxygen atoms in total. The Morgan fingerprint density at radius 1 is 1.08 bits per heavy atom. The molecule has 3 aromatic rings. The summed E-state index contributed by atoms with van der Waals surface area (Å²) in [6.45, 7) is 0.475. The van der Waals surface area contributed by atoms with E-state index in [0.717, 1.165) is 11.3 Å². The van der Waals surface area contributed by atoms with Gasteiger partial charge in [-0.15, -0.1) is 11.3 Å². The normalized spacial score (nSPS) is 11.3. The van der Waals surface area contributed by atoms with Crippen molar-refractivity contribution in [2.24, 2.45) is 0 Å². The Hall–Kier alpha value is -1.80. The van der Waals surface area contributed by atoms with Crippen LogP contribution < -0.4 is 10.0 Å². The summed E-state index contributed by atoms with van der Waals surface area (Å²) in [4.78, 5) is 4.08. The molecule has 0 aliphatic carbocycles. The Kier molecular flexibility index (Phi) is 5.48. The zero-order chi connectivity index (χ0) is 17.9. The van der Waals surface area contributed by atoms with Gasteiger partial charge in [-0.1, -0.05) is 35.3 Å². The van der Waals surface area contributed by atoms with Crippen LogP contribution in [0.5, 0.6) is 0 Å². The third-order valence-electron chi connectivity index (χ3n) is 3.33. The number of hydrogen-bond acceptors (Lipinski definition) is 5. The van der Waals surface area contributed by atoms with Crippen molar-refractivity contribution in [1.82, 2.24) is 4.98 Å². The van der Waals surface area contributed by atoms with Crippen molar-refractivity contribution in [3.8, 4) is 0 Å². The zero-order valence-corrected chi connectivity index (χ0v) is 15.9. The monoisotopic (exact) mass is 413 g/mol. The van der Waals surface area contributed by atoms with Gasteiger partial charge in [0.05, 0.1) is 14.9 Å². The molecule has 0 radical (unpaired) electrons. The molecule has 1 aromatic heterocycles. The highest BCUT2D eigenvalue weighted by atomic mass is 35.5. The van der Waals surface area contributed by atoms with Crippen LogP contribution in [0.4, 0.5) is 10.8 Å². The lowest BCUT2D eigenvalue weighted by atomic mass is 10.2. The summed E-state index contributed by atoms with van der Waals surface area (Å²) in [5, 5.41) is 6.22. The second kappa shape index (κ2) is 7.61. The second-order valence-corrected chi connectivity index (χ2v) is 8.40. The first-order chi connectivity index (χ1) is 12.0. The number of aromatic nitrogens is 1. The lowest BCUT2D eigenvalue weighted by Crippen LogP contribution is -2.12. The van der Waals surface area contributed by atoms with E-state index in [9.17, 15) is 8.42 Å². The first kappa shape index (κ1) is 18.0. The molecule has 130 valence electrons. The van der Waals surface area contributed by atoms with Crippen molar-refractivity contribution in [3.63, 3.8) is 0 Å². The van der Waals surface area contributed by atoms with Gasteiger partial charge in [-0.25, -0.2) is 13.4 Å². The quantitative estimate of drug-likeness (QED) is 0.604. The maximum absolute atomic E-state index is 12.3. The Bertz CT molecular complexity index is 960. The Labute approximate surface area is 159 Å². The molecule has 0 unspecified atom stereocenters. The molecule has 25 heavy (non-hydrogen) atoms. The van der Waals surface area contributed by atoms with E-state index < -0.39 is 10.0 Å². The summed E-state index contributed by atoms with van der Waals surface area (Å²) in [5.74, 6) is 0. The molecule has 9 heteroatoms. The van der Waals surface area contributed by atoms with Gasteiger partial charge in [0.2, 0.25) is 0 Å². The van der Waals surface area contributed by atoms with Crippen LogP contribution in [0.2, 0.25) is 10.0 Å². The van der Waals surface area contributed by atoms with E-state index in [0.29, 0.717) is 21.7 Å². The highest BCUT2D eigenvalue weighted by molar-refractivity contribution is 7.93. The molecule has 1 heterocycles. The highest BCUT2D eigenvalue weighted by Crippen LogP contribution is 2.26. The summed E-state index contributed by atoms with van der Waals surface area (Å²) >= 11 is 13.4. The number of nitrogens with one attached hydrogen (secondary N) is 2. The molecule has 0 aliphatic rings. The number of thiazole rings is 1. The summed E-state index contributed by atoms with van der Waals surface area (Å²) in [6, 6.07) is 11.9. The predicted octanol–water partition coefficient (Wildman–Crippen LogP) is 4.86. The van der Waals surface area contributed by atoms with E-state index in [1.54, 1.807) is 23.6 Å². The van der Waals surface area contributed by atoms with Gasteiger partial charge in [0, 0.05) is 23.8 Å². The minimum Gasteiger partial charge on any atom is -0.381 e. The van der Waals surface area contributed by atoms with Crippen molar-refractivity contribution in [2.45, 2.75) is 11.4 Å². The molecule has 0 saturated carbocycles. The number of benzene rings is 2. The highest BCUT2D eigenvalue weighted by Gasteiger charge is 2.15. The maximum Gasteiger partial charge on any atom is 0.263 e. The van der Waals surface area contributed by atoms with Crippen LogP contribution in [0.25, 0.3) is 0 Å². The van der Waals surface area contributed by atoms with E-state index in [1.807, 2.05) is 12.1 Å². The molecule has 0 amide bonds. The Morgan fingerprint density at radius 2 is 1.84 bits per heavy atom. The van der Waals surface area contributed by atoms with Crippen molar-refractivity contribution < 1.29 is 8.42 Å². The lowest BCUT2D eigenvalue weighted by Gasteiger charge is -2.10. The summed E-state index contributed by atoms with van der Waals surface area (Å²) < 4.78 is 27.0. The number of rotatable bonds is 6.